The topological polar surface area (TPSA) is 159 Å². The van der Waals surface area contributed by atoms with Crippen LogP contribution in [-0.2, 0) is 14.4 Å². The summed E-state index contributed by atoms with van der Waals surface area (Å²) in [5.74, 6) is -4.93. The van der Waals surface area contributed by atoms with Gasteiger partial charge in [-0.2, -0.15) is 0 Å². The van der Waals surface area contributed by atoms with Crippen LogP contribution in [0.3, 0.4) is 0 Å². The van der Waals surface area contributed by atoms with Crippen LogP contribution in [0, 0.1) is 0 Å². The van der Waals surface area contributed by atoms with Crippen LogP contribution < -0.4 is 21.9 Å². The van der Waals surface area contributed by atoms with Gasteiger partial charge in [0, 0.05) is 6.92 Å². The minimum atomic E-state index is -1.72. The van der Waals surface area contributed by atoms with Crippen molar-refractivity contribution in [3.8, 4) is 0 Å². The normalized spacial score (nSPS) is 13.7. The van der Waals surface area contributed by atoms with Crippen molar-refractivity contribution in [2.45, 2.75) is 13.0 Å². The van der Waals surface area contributed by atoms with E-state index in [1.807, 2.05) is 5.32 Å². The Bertz CT molecular complexity index is 332. The molecule has 0 aromatic rings. The van der Waals surface area contributed by atoms with Gasteiger partial charge < -0.3 is 27.0 Å². The molecule has 8 heteroatoms. The fourth-order valence-electron chi connectivity index (χ4n) is 0.860. The SMILES string of the molecule is CC(=O)NC(C(N)=O)/C(C(N)=O)=C(\[O-])O. The lowest BCUT2D eigenvalue weighted by Gasteiger charge is -2.18. The average Bonchev–Trinajstić information content (AvgIpc) is 2.00. The molecule has 8 nitrogen and oxygen atoms in total. The number of aliphatic hydroxyl groups excluding tert-OH is 1. The first kappa shape index (κ1) is 12.8. The minimum Gasteiger partial charge on any atom is -0.629 e. The largest absolute Gasteiger partial charge is 0.629 e. The Labute approximate surface area is 84.5 Å². The molecule has 3 amide bonds. The van der Waals surface area contributed by atoms with Crippen molar-refractivity contribution in [2.24, 2.45) is 11.5 Å². The first-order chi connectivity index (χ1) is 6.77. The van der Waals surface area contributed by atoms with Crippen LogP contribution in [0.1, 0.15) is 6.92 Å². The molecule has 0 aromatic heterocycles. The van der Waals surface area contributed by atoms with Gasteiger partial charge in [-0.15, -0.1) is 0 Å². The minimum absolute atomic E-state index is 0.709. The van der Waals surface area contributed by atoms with E-state index in [2.05, 4.69) is 0 Å². The highest BCUT2D eigenvalue weighted by Crippen LogP contribution is 2.03. The third-order valence-corrected chi connectivity index (χ3v) is 1.42. The number of aliphatic hydroxyl groups is 1. The van der Waals surface area contributed by atoms with Gasteiger partial charge in [0.05, 0.1) is 11.5 Å². The number of hydrogen-bond acceptors (Lipinski definition) is 5. The summed E-state index contributed by atoms with van der Waals surface area (Å²) in [6.07, 6.45) is 0. The molecule has 84 valence electrons. The maximum atomic E-state index is 10.8. The van der Waals surface area contributed by atoms with Crippen LogP contribution in [0.4, 0.5) is 0 Å². The Morgan fingerprint density at radius 1 is 1.33 bits per heavy atom. The van der Waals surface area contributed by atoms with Gasteiger partial charge in [-0.3, -0.25) is 14.4 Å². The number of amides is 3. The number of nitrogens with two attached hydrogens (primary N) is 2. The van der Waals surface area contributed by atoms with Crippen molar-refractivity contribution >= 4 is 17.7 Å². The van der Waals surface area contributed by atoms with Gasteiger partial charge in [0.25, 0.3) is 0 Å². The quantitative estimate of drug-likeness (QED) is 0.284. The molecule has 0 heterocycles. The maximum Gasteiger partial charge on any atom is 0.249 e. The number of carbonyl (C=O) groups is 3. The van der Waals surface area contributed by atoms with Crippen LogP contribution >= 0.6 is 0 Å². The summed E-state index contributed by atoms with van der Waals surface area (Å²) < 4.78 is 0. The van der Waals surface area contributed by atoms with Crippen molar-refractivity contribution in [3.63, 3.8) is 0 Å². The highest BCUT2D eigenvalue weighted by Gasteiger charge is 2.26. The summed E-state index contributed by atoms with van der Waals surface area (Å²) in [4.78, 5) is 32.1. The van der Waals surface area contributed by atoms with Crippen LogP contribution in [0.2, 0.25) is 0 Å². The van der Waals surface area contributed by atoms with Crippen LogP contribution in [0.5, 0.6) is 0 Å². The molecular weight excluding hydrogens is 206 g/mol. The second-order valence-corrected chi connectivity index (χ2v) is 2.62. The summed E-state index contributed by atoms with van der Waals surface area (Å²) in [5.41, 5.74) is 8.58. The molecule has 0 aliphatic heterocycles. The van der Waals surface area contributed by atoms with E-state index < -0.39 is 35.3 Å². The van der Waals surface area contributed by atoms with Gasteiger partial charge >= 0.3 is 0 Å². The monoisotopic (exact) mass is 216 g/mol. The van der Waals surface area contributed by atoms with E-state index in [4.69, 9.17) is 16.6 Å². The van der Waals surface area contributed by atoms with Crippen LogP contribution in [-0.4, -0.2) is 28.9 Å². The predicted octanol–water partition coefficient (Wildman–Crippen LogP) is -3.41. The third-order valence-electron chi connectivity index (χ3n) is 1.42. The van der Waals surface area contributed by atoms with E-state index in [1.54, 1.807) is 0 Å². The number of nitrogens with one attached hydrogen (secondary N) is 1. The molecule has 0 aliphatic carbocycles. The molecule has 0 saturated heterocycles. The van der Waals surface area contributed by atoms with E-state index >= 15 is 0 Å². The van der Waals surface area contributed by atoms with E-state index in [9.17, 15) is 19.5 Å². The van der Waals surface area contributed by atoms with Crippen LogP contribution in [0.15, 0.2) is 11.5 Å². The Hall–Kier alpha value is -2.25. The Morgan fingerprint density at radius 3 is 2.00 bits per heavy atom. The van der Waals surface area contributed by atoms with Crippen molar-refractivity contribution in [1.29, 1.82) is 0 Å². The lowest BCUT2D eigenvalue weighted by molar-refractivity contribution is -0.350. The number of hydrogen-bond donors (Lipinski definition) is 4. The Kier molecular flexibility index (Phi) is 4.11. The van der Waals surface area contributed by atoms with Gasteiger partial charge in [0.15, 0.2) is 0 Å². The first-order valence-corrected chi connectivity index (χ1v) is 3.73. The smallest absolute Gasteiger partial charge is 0.249 e. The molecule has 15 heavy (non-hydrogen) atoms. The Morgan fingerprint density at radius 2 is 1.80 bits per heavy atom. The van der Waals surface area contributed by atoms with Gasteiger partial charge in [0.2, 0.25) is 17.7 Å². The summed E-state index contributed by atoms with van der Waals surface area (Å²) >= 11 is 0. The van der Waals surface area contributed by atoms with E-state index in [0.29, 0.717) is 0 Å². The van der Waals surface area contributed by atoms with Crippen molar-refractivity contribution in [1.82, 2.24) is 5.32 Å². The van der Waals surface area contributed by atoms with E-state index in [1.165, 1.54) is 0 Å². The van der Waals surface area contributed by atoms with Crippen LogP contribution in [0.25, 0.3) is 0 Å². The molecule has 0 fully saturated rings. The molecule has 0 spiro atoms. The third kappa shape index (κ3) is 3.55. The number of carbonyl (C=O) groups excluding carboxylic acids is 3. The molecule has 0 rings (SSSR count). The standard InChI is InChI=1S/C7H11N3O5/c1-2(11)10-4(6(9)13)3(5(8)12)7(14)15/h4,14-15H,1H3,(H2,8,12)(H2,9,13)(H,10,11)/p-1. The highest BCUT2D eigenvalue weighted by molar-refractivity contribution is 6.02. The molecule has 0 saturated carbocycles. The lowest BCUT2D eigenvalue weighted by Crippen LogP contribution is -2.49. The fraction of sp³-hybridized carbons (Fsp3) is 0.286. The molecule has 6 N–H and O–H groups in total. The van der Waals surface area contributed by atoms with Crippen molar-refractivity contribution < 1.29 is 24.6 Å². The van der Waals surface area contributed by atoms with E-state index in [-0.39, 0.29) is 0 Å². The summed E-state index contributed by atoms with van der Waals surface area (Å²) in [7, 11) is 0. The molecular formula is C7H10N3O5-. The molecule has 0 radical (unpaired) electrons. The molecule has 0 aliphatic rings. The first-order valence-electron chi connectivity index (χ1n) is 3.73. The van der Waals surface area contributed by atoms with Crippen molar-refractivity contribution in [3.05, 3.63) is 11.5 Å². The number of rotatable bonds is 4. The zero-order chi connectivity index (χ0) is 12.2. The fourth-order valence-corrected chi connectivity index (χ4v) is 0.860. The van der Waals surface area contributed by atoms with Crippen molar-refractivity contribution in [2.75, 3.05) is 0 Å². The van der Waals surface area contributed by atoms with Gasteiger partial charge in [-0.1, -0.05) is 0 Å². The summed E-state index contributed by atoms with van der Waals surface area (Å²) in [6, 6.07) is -1.72. The maximum absolute atomic E-state index is 10.8. The van der Waals surface area contributed by atoms with Gasteiger partial charge in [-0.05, 0) is 0 Å². The van der Waals surface area contributed by atoms with Gasteiger partial charge in [0.1, 0.15) is 6.04 Å². The molecule has 0 aromatic carbocycles. The summed E-state index contributed by atoms with van der Waals surface area (Å²) in [5, 5.41) is 21.1. The second kappa shape index (κ2) is 4.84. The predicted molar refractivity (Wildman–Crippen MR) is 45.6 cm³/mol. The van der Waals surface area contributed by atoms with E-state index in [0.717, 1.165) is 6.92 Å². The molecule has 1 unspecified atom stereocenters. The summed E-state index contributed by atoms with van der Waals surface area (Å²) in [6.45, 7) is 1.04. The van der Waals surface area contributed by atoms with Gasteiger partial charge in [-0.25, -0.2) is 0 Å². The second-order valence-electron chi connectivity index (χ2n) is 2.62. The molecule has 1 atom stereocenters. The zero-order valence-corrected chi connectivity index (χ0v) is 7.81. The number of primary amides is 2. The molecule has 0 bridgehead atoms. The Balaban J connectivity index is 5.22. The average molecular weight is 216 g/mol. The highest BCUT2D eigenvalue weighted by atomic mass is 16.5. The lowest BCUT2D eigenvalue weighted by atomic mass is 10.1. The zero-order valence-electron chi connectivity index (χ0n) is 7.81.